The van der Waals surface area contributed by atoms with Crippen LogP contribution in [0.15, 0.2) is 24.3 Å². The van der Waals surface area contributed by atoms with Gasteiger partial charge in [-0.3, -0.25) is 9.59 Å². The Hall–Kier alpha value is -2.04. The zero-order valence-corrected chi connectivity index (χ0v) is 12.0. The van der Waals surface area contributed by atoms with Gasteiger partial charge in [0.2, 0.25) is 5.91 Å². The summed E-state index contributed by atoms with van der Waals surface area (Å²) in [6, 6.07) is 6.63. The van der Waals surface area contributed by atoms with Gasteiger partial charge in [-0.25, -0.2) is 0 Å². The molecule has 0 saturated carbocycles. The Morgan fingerprint density at radius 2 is 1.95 bits per heavy atom. The molecule has 1 saturated heterocycles. The number of hydrogen-bond acceptors (Lipinski definition) is 3. The van der Waals surface area contributed by atoms with E-state index in [1.54, 1.807) is 24.3 Å². The van der Waals surface area contributed by atoms with Gasteiger partial charge in [-0.1, -0.05) is 13.8 Å². The second-order valence-electron chi connectivity index (χ2n) is 6.03. The van der Waals surface area contributed by atoms with Crippen molar-refractivity contribution in [2.75, 3.05) is 25.4 Å². The Labute approximate surface area is 119 Å². The molecule has 0 unspecified atom stereocenters. The number of benzene rings is 1. The molecule has 1 aromatic rings. The van der Waals surface area contributed by atoms with Crippen LogP contribution in [0, 0.1) is 5.41 Å². The highest BCUT2D eigenvalue weighted by Crippen LogP contribution is 2.28. The predicted octanol–water partition coefficient (Wildman–Crippen LogP) is 1.26. The lowest BCUT2D eigenvalue weighted by atomic mass is 9.93. The zero-order chi connectivity index (χ0) is 14.8. The van der Waals surface area contributed by atoms with Crippen LogP contribution in [-0.2, 0) is 4.79 Å². The van der Waals surface area contributed by atoms with E-state index in [4.69, 9.17) is 5.73 Å². The van der Waals surface area contributed by atoms with Crippen molar-refractivity contribution in [3.63, 3.8) is 0 Å². The van der Waals surface area contributed by atoms with E-state index >= 15 is 0 Å². The maximum Gasteiger partial charge on any atom is 0.251 e. The van der Waals surface area contributed by atoms with Crippen molar-refractivity contribution in [2.24, 2.45) is 5.41 Å². The molecule has 2 rings (SSSR count). The summed E-state index contributed by atoms with van der Waals surface area (Å²) in [4.78, 5) is 25.7. The summed E-state index contributed by atoms with van der Waals surface area (Å²) in [6.45, 7) is 5.85. The smallest absolute Gasteiger partial charge is 0.251 e. The van der Waals surface area contributed by atoms with Crippen LogP contribution in [0.3, 0.4) is 0 Å². The van der Waals surface area contributed by atoms with Crippen molar-refractivity contribution >= 4 is 17.5 Å². The molecule has 2 amide bonds. The van der Waals surface area contributed by atoms with E-state index in [1.807, 2.05) is 4.90 Å². The molecule has 1 heterocycles. The molecule has 0 bridgehead atoms. The Morgan fingerprint density at radius 3 is 2.50 bits per heavy atom. The van der Waals surface area contributed by atoms with Crippen LogP contribution in [0.5, 0.6) is 0 Å². The minimum atomic E-state index is -0.253. The number of nitrogens with zero attached hydrogens (tertiary/aromatic N) is 1. The van der Waals surface area contributed by atoms with Gasteiger partial charge in [-0.2, -0.15) is 0 Å². The van der Waals surface area contributed by atoms with Gasteiger partial charge >= 0.3 is 0 Å². The number of likely N-dealkylation sites (tertiary alicyclic amines) is 1. The molecule has 5 heteroatoms. The van der Waals surface area contributed by atoms with E-state index in [-0.39, 0.29) is 23.8 Å². The fraction of sp³-hybridized carbons (Fsp3) is 0.467. The van der Waals surface area contributed by atoms with E-state index in [2.05, 4.69) is 19.2 Å². The second kappa shape index (κ2) is 5.53. The molecule has 108 valence electrons. The Kier molecular flexibility index (Phi) is 3.97. The van der Waals surface area contributed by atoms with Gasteiger partial charge in [0.05, 0.1) is 6.54 Å². The van der Waals surface area contributed by atoms with Gasteiger partial charge in [0, 0.05) is 24.3 Å². The van der Waals surface area contributed by atoms with Crippen LogP contribution < -0.4 is 11.1 Å². The minimum Gasteiger partial charge on any atom is -0.399 e. The molecule has 0 atom stereocenters. The Morgan fingerprint density at radius 1 is 1.30 bits per heavy atom. The highest BCUT2D eigenvalue weighted by molar-refractivity contribution is 5.96. The molecule has 20 heavy (non-hydrogen) atoms. The number of rotatable bonds is 3. The summed E-state index contributed by atoms with van der Waals surface area (Å²) in [5.74, 6) is -0.281. The summed E-state index contributed by atoms with van der Waals surface area (Å²) in [5, 5.41) is 2.65. The van der Waals surface area contributed by atoms with Gasteiger partial charge in [0.1, 0.15) is 0 Å². The van der Waals surface area contributed by atoms with Gasteiger partial charge in [-0.05, 0) is 36.1 Å². The number of carbonyl (C=O) groups excluding carboxylic acids is 2. The molecule has 1 aliphatic heterocycles. The molecule has 1 fully saturated rings. The summed E-state index contributed by atoms with van der Waals surface area (Å²) in [7, 11) is 0. The van der Waals surface area contributed by atoms with Crippen LogP contribution in [-0.4, -0.2) is 36.3 Å². The van der Waals surface area contributed by atoms with E-state index in [1.165, 1.54) is 0 Å². The molecule has 1 aromatic carbocycles. The van der Waals surface area contributed by atoms with Gasteiger partial charge in [-0.15, -0.1) is 0 Å². The van der Waals surface area contributed by atoms with Gasteiger partial charge in [0.25, 0.3) is 5.91 Å². The largest absolute Gasteiger partial charge is 0.399 e. The van der Waals surface area contributed by atoms with Crippen molar-refractivity contribution in [1.82, 2.24) is 10.2 Å². The summed E-state index contributed by atoms with van der Waals surface area (Å²) in [5.41, 5.74) is 6.86. The van der Waals surface area contributed by atoms with Crippen LogP contribution in [0.2, 0.25) is 0 Å². The lowest BCUT2D eigenvalue weighted by Crippen LogP contribution is -2.39. The maximum atomic E-state index is 12.0. The fourth-order valence-corrected chi connectivity index (χ4v) is 2.33. The summed E-state index contributed by atoms with van der Waals surface area (Å²) >= 11 is 0. The number of anilines is 1. The number of amides is 2. The first-order valence-electron chi connectivity index (χ1n) is 6.79. The lowest BCUT2D eigenvalue weighted by Gasteiger charge is -2.20. The number of nitrogens with one attached hydrogen (secondary N) is 1. The van der Waals surface area contributed by atoms with E-state index < -0.39 is 0 Å². The molecule has 3 N–H and O–H groups in total. The van der Waals surface area contributed by atoms with Crippen molar-refractivity contribution in [2.45, 2.75) is 20.3 Å². The third kappa shape index (κ3) is 3.50. The third-order valence-corrected chi connectivity index (χ3v) is 3.60. The van der Waals surface area contributed by atoms with Crippen LogP contribution in [0.1, 0.15) is 30.6 Å². The topological polar surface area (TPSA) is 75.4 Å². The van der Waals surface area contributed by atoms with Gasteiger partial charge in [0.15, 0.2) is 0 Å². The zero-order valence-electron chi connectivity index (χ0n) is 12.0. The third-order valence-electron chi connectivity index (χ3n) is 3.60. The molecule has 5 nitrogen and oxygen atoms in total. The molecule has 0 aromatic heterocycles. The Bertz CT molecular complexity index is 508. The molecule has 0 spiro atoms. The normalized spacial score (nSPS) is 17.0. The standard InChI is InChI=1S/C15H21N3O2/c1-15(2)7-8-18(10-15)13(19)9-17-14(20)11-3-5-12(16)6-4-11/h3-6H,7-10,16H2,1-2H3,(H,17,20). The highest BCUT2D eigenvalue weighted by Gasteiger charge is 2.31. The van der Waals surface area contributed by atoms with Crippen molar-refractivity contribution in [3.05, 3.63) is 29.8 Å². The average molecular weight is 275 g/mol. The monoisotopic (exact) mass is 275 g/mol. The van der Waals surface area contributed by atoms with E-state index in [0.717, 1.165) is 19.5 Å². The lowest BCUT2D eigenvalue weighted by molar-refractivity contribution is -0.129. The van der Waals surface area contributed by atoms with Crippen LogP contribution in [0.25, 0.3) is 0 Å². The molecule has 0 aliphatic carbocycles. The SMILES string of the molecule is CC1(C)CCN(C(=O)CNC(=O)c2ccc(N)cc2)C1. The molecular formula is C15H21N3O2. The van der Waals surface area contributed by atoms with E-state index in [9.17, 15) is 9.59 Å². The minimum absolute atomic E-state index is 0.0284. The fourth-order valence-electron chi connectivity index (χ4n) is 2.33. The molecule has 0 radical (unpaired) electrons. The average Bonchev–Trinajstić information content (AvgIpc) is 2.77. The Balaban J connectivity index is 1.84. The second-order valence-corrected chi connectivity index (χ2v) is 6.03. The van der Waals surface area contributed by atoms with E-state index in [0.29, 0.717) is 11.3 Å². The molecular weight excluding hydrogens is 254 g/mol. The van der Waals surface area contributed by atoms with Crippen molar-refractivity contribution in [3.8, 4) is 0 Å². The van der Waals surface area contributed by atoms with Gasteiger partial charge < -0.3 is 16.0 Å². The van der Waals surface area contributed by atoms with Crippen molar-refractivity contribution < 1.29 is 9.59 Å². The number of nitrogen functional groups attached to an aromatic ring is 1. The molecule has 1 aliphatic rings. The predicted molar refractivity (Wildman–Crippen MR) is 78.2 cm³/mol. The van der Waals surface area contributed by atoms with Crippen LogP contribution >= 0.6 is 0 Å². The number of hydrogen-bond donors (Lipinski definition) is 2. The van der Waals surface area contributed by atoms with Crippen LogP contribution in [0.4, 0.5) is 5.69 Å². The first-order valence-corrected chi connectivity index (χ1v) is 6.79. The number of carbonyl (C=O) groups is 2. The summed E-state index contributed by atoms with van der Waals surface area (Å²) < 4.78 is 0. The quantitative estimate of drug-likeness (QED) is 0.815. The number of nitrogens with two attached hydrogens (primary N) is 1. The first-order chi connectivity index (χ1) is 9.37. The highest BCUT2D eigenvalue weighted by atomic mass is 16.2. The first kappa shape index (κ1) is 14.4. The maximum absolute atomic E-state index is 12.0. The summed E-state index contributed by atoms with van der Waals surface area (Å²) in [6.07, 6.45) is 1.00. The van der Waals surface area contributed by atoms with Crippen molar-refractivity contribution in [1.29, 1.82) is 0 Å².